The molecule has 0 aliphatic carbocycles. The molecule has 7 heteroatoms. The summed E-state index contributed by atoms with van der Waals surface area (Å²) in [4.78, 5) is 17.6. The SMILES string of the molecule is CN(Cc1ncnn1C)C(=O)Cc1c(F)cccc1Cl. The molecular weight excluding hydrogens is 283 g/mol. The smallest absolute Gasteiger partial charge is 0.227 e. The summed E-state index contributed by atoms with van der Waals surface area (Å²) in [5.41, 5.74) is 0.212. The number of halogens is 2. The summed E-state index contributed by atoms with van der Waals surface area (Å²) in [6, 6.07) is 4.36. The van der Waals surface area contributed by atoms with Crippen molar-refractivity contribution in [2.75, 3.05) is 7.05 Å². The van der Waals surface area contributed by atoms with Gasteiger partial charge < -0.3 is 4.90 Å². The van der Waals surface area contributed by atoms with Crippen molar-refractivity contribution in [3.8, 4) is 0 Å². The summed E-state index contributed by atoms with van der Waals surface area (Å²) in [5.74, 6) is -0.0570. The minimum absolute atomic E-state index is 0.0835. The summed E-state index contributed by atoms with van der Waals surface area (Å²) in [6.45, 7) is 0.307. The molecule has 0 aliphatic rings. The molecular formula is C13H14ClFN4O. The standard InChI is InChI=1S/C13H14ClFN4O/c1-18(7-12-16-8-17-19(12)2)13(20)6-9-10(14)4-3-5-11(9)15/h3-5,8H,6-7H2,1-2H3. The van der Waals surface area contributed by atoms with E-state index in [0.717, 1.165) is 0 Å². The lowest BCUT2D eigenvalue weighted by atomic mass is 10.1. The third-order valence-electron chi connectivity index (χ3n) is 3.00. The predicted molar refractivity (Wildman–Crippen MR) is 72.6 cm³/mol. The highest BCUT2D eigenvalue weighted by molar-refractivity contribution is 6.31. The highest BCUT2D eigenvalue weighted by atomic mass is 35.5. The highest BCUT2D eigenvalue weighted by Crippen LogP contribution is 2.20. The largest absolute Gasteiger partial charge is 0.338 e. The average Bonchev–Trinajstić information content (AvgIpc) is 2.79. The van der Waals surface area contributed by atoms with Crippen LogP contribution in [-0.4, -0.2) is 32.6 Å². The van der Waals surface area contributed by atoms with Crippen molar-refractivity contribution in [2.45, 2.75) is 13.0 Å². The van der Waals surface area contributed by atoms with Gasteiger partial charge in [-0.2, -0.15) is 5.10 Å². The number of aromatic nitrogens is 3. The fourth-order valence-corrected chi connectivity index (χ4v) is 1.98. The Kier molecular flexibility index (Phi) is 4.34. The van der Waals surface area contributed by atoms with Crippen LogP contribution in [0, 0.1) is 5.82 Å². The zero-order valence-electron chi connectivity index (χ0n) is 11.2. The maximum absolute atomic E-state index is 13.6. The number of carbonyl (C=O) groups excluding carboxylic acids is 1. The van der Waals surface area contributed by atoms with E-state index in [0.29, 0.717) is 12.4 Å². The lowest BCUT2D eigenvalue weighted by Crippen LogP contribution is -2.29. The molecule has 0 saturated heterocycles. The lowest BCUT2D eigenvalue weighted by Gasteiger charge is -2.17. The van der Waals surface area contributed by atoms with Crippen LogP contribution in [-0.2, 0) is 24.8 Å². The molecule has 0 saturated carbocycles. The molecule has 106 valence electrons. The van der Waals surface area contributed by atoms with Crippen molar-refractivity contribution in [3.05, 3.63) is 46.8 Å². The van der Waals surface area contributed by atoms with Gasteiger partial charge in [-0.05, 0) is 12.1 Å². The predicted octanol–water partition coefficient (Wildman–Crippen LogP) is 1.81. The second kappa shape index (κ2) is 6.00. The lowest BCUT2D eigenvalue weighted by molar-refractivity contribution is -0.129. The molecule has 0 aliphatic heterocycles. The fraction of sp³-hybridized carbons (Fsp3) is 0.308. The van der Waals surface area contributed by atoms with Gasteiger partial charge >= 0.3 is 0 Å². The van der Waals surface area contributed by atoms with Crippen LogP contribution >= 0.6 is 11.6 Å². The van der Waals surface area contributed by atoms with Crippen molar-refractivity contribution in [1.29, 1.82) is 0 Å². The molecule has 2 rings (SSSR count). The number of amides is 1. The molecule has 1 amide bonds. The molecule has 20 heavy (non-hydrogen) atoms. The Balaban J connectivity index is 2.06. The van der Waals surface area contributed by atoms with Crippen molar-refractivity contribution in [1.82, 2.24) is 19.7 Å². The summed E-state index contributed by atoms with van der Waals surface area (Å²) < 4.78 is 15.2. The summed E-state index contributed by atoms with van der Waals surface area (Å²) in [6.07, 6.45) is 1.33. The summed E-state index contributed by atoms with van der Waals surface area (Å²) in [7, 11) is 3.38. The van der Waals surface area contributed by atoms with Gasteiger partial charge in [0.15, 0.2) is 0 Å². The topological polar surface area (TPSA) is 51.0 Å². The number of hydrogen-bond acceptors (Lipinski definition) is 3. The maximum Gasteiger partial charge on any atom is 0.227 e. The Morgan fingerprint density at radius 1 is 1.50 bits per heavy atom. The normalized spacial score (nSPS) is 10.6. The summed E-state index contributed by atoms with van der Waals surface area (Å²) >= 11 is 5.91. The second-order valence-corrected chi connectivity index (χ2v) is 4.83. The molecule has 0 spiro atoms. The van der Waals surface area contributed by atoms with Gasteiger partial charge in [-0.15, -0.1) is 0 Å². The van der Waals surface area contributed by atoms with Crippen molar-refractivity contribution >= 4 is 17.5 Å². The van der Waals surface area contributed by atoms with Crippen molar-refractivity contribution in [2.24, 2.45) is 7.05 Å². The van der Waals surface area contributed by atoms with Gasteiger partial charge in [0.05, 0.1) is 13.0 Å². The van der Waals surface area contributed by atoms with E-state index in [2.05, 4.69) is 10.1 Å². The van der Waals surface area contributed by atoms with Crippen LogP contribution in [0.3, 0.4) is 0 Å². The third-order valence-corrected chi connectivity index (χ3v) is 3.35. The molecule has 5 nitrogen and oxygen atoms in total. The molecule has 0 fully saturated rings. The number of carbonyl (C=O) groups is 1. The molecule has 0 atom stereocenters. The first-order valence-corrected chi connectivity index (χ1v) is 6.36. The van der Waals surface area contributed by atoms with E-state index in [4.69, 9.17) is 11.6 Å². The highest BCUT2D eigenvalue weighted by Gasteiger charge is 2.16. The maximum atomic E-state index is 13.6. The van der Waals surface area contributed by atoms with E-state index in [1.165, 1.54) is 23.4 Å². The number of hydrogen-bond donors (Lipinski definition) is 0. The Morgan fingerprint density at radius 2 is 2.25 bits per heavy atom. The van der Waals surface area contributed by atoms with E-state index in [9.17, 15) is 9.18 Å². The van der Waals surface area contributed by atoms with E-state index in [1.807, 2.05) is 0 Å². The molecule has 2 aromatic rings. The number of aryl methyl sites for hydroxylation is 1. The van der Waals surface area contributed by atoms with Gasteiger partial charge in [0, 0.05) is 24.7 Å². The zero-order valence-corrected chi connectivity index (χ0v) is 11.9. The zero-order chi connectivity index (χ0) is 14.7. The summed E-state index contributed by atoms with van der Waals surface area (Å²) in [5, 5.41) is 4.18. The number of rotatable bonds is 4. The molecule has 0 bridgehead atoms. The Bertz CT molecular complexity index is 608. The number of nitrogens with zero attached hydrogens (tertiary/aromatic N) is 4. The van der Waals surface area contributed by atoms with Crippen LogP contribution in [0.15, 0.2) is 24.5 Å². The molecule has 1 aromatic heterocycles. The monoisotopic (exact) mass is 296 g/mol. The van der Waals surface area contributed by atoms with Gasteiger partial charge in [-0.3, -0.25) is 9.48 Å². The van der Waals surface area contributed by atoms with Crippen LogP contribution in [0.25, 0.3) is 0 Å². The van der Waals surface area contributed by atoms with Crippen molar-refractivity contribution < 1.29 is 9.18 Å². The average molecular weight is 297 g/mol. The minimum Gasteiger partial charge on any atom is -0.338 e. The van der Waals surface area contributed by atoms with Crippen molar-refractivity contribution in [3.63, 3.8) is 0 Å². The first kappa shape index (κ1) is 14.5. The quantitative estimate of drug-likeness (QED) is 0.864. The van der Waals surface area contributed by atoms with Crippen LogP contribution in [0.4, 0.5) is 4.39 Å². The minimum atomic E-state index is -0.474. The van der Waals surface area contributed by atoms with E-state index >= 15 is 0 Å². The molecule has 1 heterocycles. The molecule has 0 N–H and O–H groups in total. The van der Waals surface area contributed by atoms with Crippen LogP contribution in [0.2, 0.25) is 5.02 Å². The van der Waals surface area contributed by atoms with Gasteiger partial charge in [0.1, 0.15) is 18.0 Å². The van der Waals surface area contributed by atoms with Crippen LogP contribution in [0.1, 0.15) is 11.4 Å². The molecule has 0 radical (unpaired) electrons. The van der Waals surface area contributed by atoms with E-state index in [-0.39, 0.29) is 22.9 Å². The molecule has 1 aromatic carbocycles. The Labute approximate surface area is 121 Å². The van der Waals surface area contributed by atoms with E-state index < -0.39 is 5.82 Å². The second-order valence-electron chi connectivity index (χ2n) is 4.43. The number of likely N-dealkylation sites (N-methyl/N-ethyl adjacent to an activating group) is 1. The number of benzene rings is 1. The first-order chi connectivity index (χ1) is 9.49. The van der Waals surface area contributed by atoms with Gasteiger partial charge in [-0.1, -0.05) is 17.7 Å². The van der Waals surface area contributed by atoms with Gasteiger partial charge in [0.2, 0.25) is 5.91 Å². The Hall–Kier alpha value is -1.95. The van der Waals surface area contributed by atoms with Crippen LogP contribution < -0.4 is 0 Å². The van der Waals surface area contributed by atoms with Gasteiger partial charge in [-0.25, -0.2) is 9.37 Å². The van der Waals surface area contributed by atoms with E-state index in [1.54, 1.807) is 24.8 Å². The Morgan fingerprint density at radius 3 is 2.85 bits per heavy atom. The molecule has 0 unspecified atom stereocenters. The fourth-order valence-electron chi connectivity index (χ4n) is 1.75. The van der Waals surface area contributed by atoms with Gasteiger partial charge in [0.25, 0.3) is 0 Å². The van der Waals surface area contributed by atoms with Crippen LogP contribution in [0.5, 0.6) is 0 Å². The first-order valence-electron chi connectivity index (χ1n) is 5.98. The third kappa shape index (κ3) is 3.14.